The minimum Gasteiger partial charge on any atom is -0.326 e. The van der Waals surface area contributed by atoms with E-state index in [2.05, 4.69) is 34.7 Å². The molecule has 0 unspecified atom stereocenters. The molecule has 1 N–H and O–H groups in total. The summed E-state index contributed by atoms with van der Waals surface area (Å²) in [5.74, 6) is 0.849. The molecular formula is C18H17N3OS. The molecule has 23 heavy (non-hydrogen) atoms. The SMILES string of the molecule is CC(=O)Nc1ccc(SCc2ccc(-n3cccn3)cc2)cc1. The van der Waals surface area contributed by atoms with Crippen molar-refractivity contribution in [3.05, 3.63) is 72.6 Å². The van der Waals surface area contributed by atoms with Crippen LogP contribution in [0.5, 0.6) is 0 Å². The van der Waals surface area contributed by atoms with Crippen LogP contribution < -0.4 is 5.32 Å². The predicted octanol–water partition coefficient (Wildman–Crippen LogP) is 4.12. The second kappa shape index (κ2) is 7.15. The maximum Gasteiger partial charge on any atom is 0.221 e. The molecule has 0 saturated carbocycles. The highest BCUT2D eigenvalue weighted by Crippen LogP contribution is 2.24. The molecule has 0 atom stereocenters. The molecule has 0 radical (unpaired) electrons. The fourth-order valence-electron chi connectivity index (χ4n) is 2.17. The first-order chi connectivity index (χ1) is 11.2. The molecule has 4 nitrogen and oxygen atoms in total. The van der Waals surface area contributed by atoms with Gasteiger partial charge in [-0.3, -0.25) is 4.79 Å². The number of rotatable bonds is 5. The summed E-state index contributed by atoms with van der Waals surface area (Å²) in [4.78, 5) is 12.2. The molecule has 1 heterocycles. The maximum absolute atomic E-state index is 11.0. The summed E-state index contributed by atoms with van der Waals surface area (Å²) in [6.45, 7) is 1.51. The molecule has 3 rings (SSSR count). The number of aromatic nitrogens is 2. The van der Waals surface area contributed by atoms with Crippen LogP contribution in [0.1, 0.15) is 12.5 Å². The third-order valence-corrected chi connectivity index (χ3v) is 4.37. The van der Waals surface area contributed by atoms with E-state index in [1.807, 2.05) is 41.2 Å². The Morgan fingerprint density at radius 1 is 1.13 bits per heavy atom. The molecular weight excluding hydrogens is 306 g/mol. The summed E-state index contributed by atoms with van der Waals surface area (Å²) in [5, 5.41) is 6.99. The van der Waals surface area contributed by atoms with E-state index in [1.165, 1.54) is 17.4 Å². The Hall–Kier alpha value is -2.53. The van der Waals surface area contributed by atoms with Gasteiger partial charge in [-0.05, 0) is 48.0 Å². The Balaban J connectivity index is 1.58. The molecule has 1 aromatic heterocycles. The van der Waals surface area contributed by atoms with Gasteiger partial charge in [-0.1, -0.05) is 12.1 Å². The lowest BCUT2D eigenvalue weighted by Crippen LogP contribution is -2.05. The number of amides is 1. The number of anilines is 1. The molecule has 0 aliphatic heterocycles. The Bertz CT molecular complexity index is 765. The summed E-state index contributed by atoms with van der Waals surface area (Å²) in [5.41, 5.74) is 3.14. The number of carbonyl (C=O) groups is 1. The van der Waals surface area contributed by atoms with Gasteiger partial charge in [-0.2, -0.15) is 5.10 Å². The molecule has 3 aromatic rings. The molecule has 0 aliphatic rings. The van der Waals surface area contributed by atoms with E-state index in [0.717, 1.165) is 17.1 Å². The fourth-order valence-corrected chi connectivity index (χ4v) is 3.03. The van der Waals surface area contributed by atoms with E-state index in [4.69, 9.17) is 0 Å². The lowest BCUT2D eigenvalue weighted by Gasteiger charge is -2.06. The van der Waals surface area contributed by atoms with Gasteiger partial charge in [0.2, 0.25) is 5.91 Å². The van der Waals surface area contributed by atoms with Gasteiger partial charge in [0.1, 0.15) is 0 Å². The number of nitrogens with one attached hydrogen (secondary N) is 1. The van der Waals surface area contributed by atoms with Crippen molar-refractivity contribution in [3.63, 3.8) is 0 Å². The summed E-state index contributed by atoms with van der Waals surface area (Å²) in [6, 6.07) is 18.2. The van der Waals surface area contributed by atoms with Gasteiger partial charge in [0.25, 0.3) is 0 Å². The Labute approximate surface area is 139 Å². The van der Waals surface area contributed by atoms with E-state index >= 15 is 0 Å². The number of hydrogen-bond donors (Lipinski definition) is 1. The van der Waals surface area contributed by atoms with Gasteiger partial charge in [0.15, 0.2) is 0 Å². The van der Waals surface area contributed by atoms with Crippen LogP contribution in [0.2, 0.25) is 0 Å². The average molecular weight is 323 g/mol. The molecule has 0 fully saturated rings. The number of benzene rings is 2. The number of nitrogens with zero attached hydrogens (tertiary/aromatic N) is 2. The highest BCUT2D eigenvalue weighted by Gasteiger charge is 2.00. The Morgan fingerprint density at radius 2 is 1.87 bits per heavy atom. The Kier molecular flexibility index (Phi) is 4.78. The second-order valence-corrected chi connectivity index (χ2v) is 6.16. The fraction of sp³-hybridized carbons (Fsp3) is 0.111. The van der Waals surface area contributed by atoms with E-state index in [-0.39, 0.29) is 5.91 Å². The predicted molar refractivity (Wildman–Crippen MR) is 93.9 cm³/mol. The summed E-state index contributed by atoms with van der Waals surface area (Å²) in [6.07, 6.45) is 3.70. The quantitative estimate of drug-likeness (QED) is 0.718. The highest BCUT2D eigenvalue weighted by molar-refractivity contribution is 7.98. The van der Waals surface area contributed by atoms with Crippen molar-refractivity contribution in [2.75, 3.05) is 5.32 Å². The monoisotopic (exact) mass is 323 g/mol. The molecule has 0 spiro atoms. The maximum atomic E-state index is 11.0. The number of thioether (sulfide) groups is 1. The lowest BCUT2D eigenvalue weighted by molar-refractivity contribution is -0.114. The molecule has 0 aliphatic carbocycles. The van der Waals surface area contributed by atoms with E-state index in [1.54, 1.807) is 18.0 Å². The lowest BCUT2D eigenvalue weighted by atomic mass is 10.2. The Morgan fingerprint density at radius 3 is 2.48 bits per heavy atom. The third-order valence-electron chi connectivity index (χ3n) is 3.29. The van der Waals surface area contributed by atoms with Crippen LogP contribution in [0.3, 0.4) is 0 Å². The van der Waals surface area contributed by atoms with Crippen molar-refractivity contribution in [2.45, 2.75) is 17.6 Å². The molecule has 0 bridgehead atoms. The largest absolute Gasteiger partial charge is 0.326 e. The van der Waals surface area contributed by atoms with Crippen molar-refractivity contribution >= 4 is 23.4 Å². The standard InChI is InChI=1S/C18H17N3OS/c1-14(22)20-16-5-9-18(10-6-16)23-13-15-3-7-17(8-4-15)21-12-2-11-19-21/h2-12H,13H2,1H3,(H,20,22). The van der Waals surface area contributed by atoms with E-state index < -0.39 is 0 Å². The average Bonchev–Trinajstić information content (AvgIpc) is 3.09. The zero-order chi connectivity index (χ0) is 16.1. The van der Waals surface area contributed by atoms with Crippen LogP contribution in [-0.4, -0.2) is 15.7 Å². The van der Waals surface area contributed by atoms with Crippen LogP contribution in [0, 0.1) is 0 Å². The van der Waals surface area contributed by atoms with Crippen LogP contribution in [0.4, 0.5) is 5.69 Å². The van der Waals surface area contributed by atoms with Gasteiger partial charge in [-0.15, -0.1) is 11.8 Å². The van der Waals surface area contributed by atoms with Crippen molar-refractivity contribution < 1.29 is 4.79 Å². The van der Waals surface area contributed by atoms with Gasteiger partial charge in [0, 0.05) is 35.7 Å². The summed E-state index contributed by atoms with van der Waals surface area (Å²) >= 11 is 1.77. The van der Waals surface area contributed by atoms with Gasteiger partial charge >= 0.3 is 0 Å². The van der Waals surface area contributed by atoms with Crippen molar-refractivity contribution in [1.29, 1.82) is 0 Å². The van der Waals surface area contributed by atoms with Crippen LogP contribution in [0.15, 0.2) is 71.9 Å². The van der Waals surface area contributed by atoms with Crippen LogP contribution >= 0.6 is 11.8 Å². The van der Waals surface area contributed by atoms with Crippen molar-refractivity contribution in [3.8, 4) is 5.69 Å². The van der Waals surface area contributed by atoms with E-state index in [0.29, 0.717) is 0 Å². The third kappa shape index (κ3) is 4.23. The van der Waals surface area contributed by atoms with E-state index in [9.17, 15) is 4.79 Å². The zero-order valence-electron chi connectivity index (χ0n) is 12.8. The molecule has 2 aromatic carbocycles. The van der Waals surface area contributed by atoms with Gasteiger partial charge in [-0.25, -0.2) is 4.68 Å². The zero-order valence-corrected chi connectivity index (χ0v) is 13.6. The second-order valence-electron chi connectivity index (χ2n) is 5.11. The first-order valence-corrected chi connectivity index (χ1v) is 8.29. The smallest absolute Gasteiger partial charge is 0.221 e. The molecule has 116 valence electrons. The minimum absolute atomic E-state index is 0.0531. The first kappa shape index (κ1) is 15.4. The van der Waals surface area contributed by atoms with Crippen molar-refractivity contribution in [2.24, 2.45) is 0 Å². The van der Waals surface area contributed by atoms with Gasteiger partial charge < -0.3 is 5.32 Å². The summed E-state index contributed by atoms with van der Waals surface area (Å²) < 4.78 is 1.84. The number of hydrogen-bond acceptors (Lipinski definition) is 3. The molecule has 1 amide bonds. The minimum atomic E-state index is -0.0531. The first-order valence-electron chi connectivity index (χ1n) is 7.30. The van der Waals surface area contributed by atoms with Crippen molar-refractivity contribution in [1.82, 2.24) is 9.78 Å². The van der Waals surface area contributed by atoms with Gasteiger partial charge in [0.05, 0.1) is 5.69 Å². The topological polar surface area (TPSA) is 46.9 Å². The number of carbonyl (C=O) groups excluding carboxylic acids is 1. The highest BCUT2D eigenvalue weighted by atomic mass is 32.2. The van der Waals surface area contributed by atoms with Crippen LogP contribution in [-0.2, 0) is 10.5 Å². The van der Waals surface area contributed by atoms with Crippen LogP contribution in [0.25, 0.3) is 5.69 Å². The molecule has 5 heteroatoms. The summed E-state index contributed by atoms with van der Waals surface area (Å²) in [7, 11) is 0. The normalized spacial score (nSPS) is 10.5. The molecule has 0 saturated heterocycles.